The number of carbonyl (C=O) groups is 1. The minimum absolute atomic E-state index is 0.0761. The predicted octanol–water partition coefficient (Wildman–Crippen LogP) is 3.16. The zero-order valence-corrected chi connectivity index (χ0v) is 12.6. The molecule has 0 aliphatic rings. The number of rotatable bonds is 3. The Bertz CT molecular complexity index is 837. The molecule has 0 saturated heterocycles. The number of hydrogen-bond acceptors (Lipinski definition) is 5. The summed E-state index contributed by atoms with van der Waals surface area (Å²) in [7, 11) is 0. The molecule has 0 bridgehead atoms. The van der Waals surface area contributed by atoms with Crippen molar-refractivity contribution in [1.29, 1.82) is 0 Å². The number of nitrogens with one attached hydrogen (secondary N) is 1. The topological polar surface area (TPSA) is 74.6 Å². The summed E-state index contributed by atoms with van der Waals surface area (Å²) in [4.78, 5) is 16.4. The van der Waals surface area contributed by atoms with E-state index < -0.39 is 5.91 Å². The molecule has 1 aromatic heterocycles. The molecule has 0 aliphatic heterocycles. The fourth-order valence-electron chi connectivity index (χ4n) is 1.94. The standard InChI is InChI=1S/C16H13N3O2S/c1-10(16-17-12-7-3-5-9-14(12)22-16)18-19-15(21)11-6-2-4-8-13(11)20/h2-9,20H,1H3,(H,19,21)/b18-10-. The summed E-state index contributed by atoms with van der Waals surface area (Å²) in [6, 6.07) is 14.1. The van der Waals surface area contributed by atoms with Gasteiger partial charge < -0.3 is 5.11 Å². The number of phenols is 1. The van der Waals surface area contributed by atoms with E-state index in [1.807, 2.05) is 24.3 Å². The van der Waals surface area contributed by atoms with E-state index in [0.29, 0.717) is 5.71 Å². The van der Waals surface area contributed by atoms with Crippen LogP contribution in [-0.2, 0) is 0 Å². The third kappa shape index (κ3) is 2.82. The van der Waals surface area contributed by atoms with Gasteiger partial charge in [-0.15, -0.1) is 11.3 Å². The molecule has 3 aromatic rings. The number of aromatic hydroxyl groups is 1. The minimum atomic E-state index is -0.460. The molecular weight excluding hydrogens is 298 g/mol. The highest BCUT2D eigenvalue weighted by Crippen LogP contribution is 2.22. The van der Waals surface area contributed by atoms with Crippen molar-refractivity contribution in [2.45, 2.75) is 6.92 Å². The van der Waals surface area contributed by atoms with Gasteiger partial charge in [-0.3, -0.25) is 4.79 Å². The number of hydrazone groups is 1. The summed E-state index contributed by atoms with van der Waals surface area (Å²) >= 11 is 1.51. The van der Waals surface area contributed by atoms with Gasteiger partial charge in [-0.25, -0.2) is 10.4 Å². The van der Waals surface area contributed by atoms with E-state index in [0.717, 1.165) is 15.2 Å². The van der Waals surface area contributed by atoms with Crippen LogP contribution in [0.3, 0.4) is 0 Å². The molecule has 2 N–H and O–H groups in total. The normalized spacial score (nSPS) is 11.6. The first kappa shape index (κ1) is 14.2. The SMILES string of the molecule is C/C(=N/NC(=O)c1ccccc1O)c1nc2ccccc2s1. The maximum absolute atomic E-state index is 12.0. The maximum Gasteiger partial charge on any atom is 0.275 e. The molecule has 1 amide bonds. The van der Waals surface area contributed by atoms with Crippen molar-refractivity contribution >= 4 is 33.2 Å². The molecule has 0 spiro atoms. The molecule has 3 rings (SSSR count). The van der Waals surface area contributed by atoms with Crippen molar-refractivity contribution in [3.8, 4) is 5.75 Å². The Balaban J connectivity index is 1.80. The molecule has 0 fully saturated rings. The quantitative estimate of drug-likeness (QED) is 0.576. The van der Waals surface area contributed by atoms with Crippen LogP contribution in [0.2, 0.25) is 0 Å². The molecule has 110 valence electrons. The highest BCUT2D eigenvalue weighted by Gasteiger charge is 2.10. The average Bonchev–Trinajstić information content (AvgIpc) is 2.97. The summed E-state index contributed by atoms with van der Waals surface area (Å²) in [5, 5.41) is 14.4. The Morgan fingerprint density at radius 3 is 2.68 bits per heavy atom. The first-order valence-electron chi connectivity index (χ1n) is 6.64. The van der Waals surface area contributed by atoms with Crippen LogP contribution in [0.5, 0.6) is 5.75 Å². The number of nitrogens with zero attached hydrogens (tertiary/aromatic N) is 2. The maximum atomic E-state index is 12.0. The van der Waals surface area contributed by atoms with Crippen LogP contribution in [0.25, 0.3) is 10.2 Å². The second-order valence-corrected chi connectivity index (χ2v) is 5.67. The van der Waals surface area contributed by atoms with Gasteiger partial charge in [-0.05, 0) is 31.2 Å². The Morgan fingerprint density at radius 2 is 1.91 bits per heavy atom. The minimum Gasteiger partial charge on any atom is -0.507 e. The molecule has 0 atom stereocenters. The molecule has 22 heavy (non-hydrogen) atoms. The highest BCUT2D eigenvalue weighted by molar-refractivity contribution is 7.20. The van der Waals surface area contributed by atoms with Crippen molar-refractivity contribution in [3.05, 3.63) is 59.1 Å². The van der Waals surface area contributed by atoms with Crippen LogP contribution < -0.4 is 5.43 Å². The van der Waals surface area contributed by atoms with Gasteiger partial charge in [0.2, 0.25) is 0 Å². The van der Waals surface area contributed by atoms with Gasteiger partial charge in [0.15, 0.2) is 0 Å². The number of hydrogen-bond donors (Lipinski definition) is 2. The van der Waals surface area contributed by atoms with Crippen LogP contribution in [0.1, 0.15) is 22.3 Å². The van der Waals surface area contributed by atoms with E-state index in [1.54, 1.807) is 19.1 Å². The summed E-state index contributed by atoms with van der Waals surface area (Å²) in [6.45, 7) is 1.78. The first-order chi connectivity index (χ1) is 10.6. The van der Waals surface area contributed by atoms with Crippen LogP contribution in [-0.4, -0.2) is 21.7 Å². The number of phenolic OH excluding ortho intramolecular Hbond substituents is 1. The second-order valence-electron chi connectivity index (χ2n) is 4.64. The summed E-state index contributed by atoms with van der Waals surface area (Å²) in [5.74, 6) is -0.536. The molecule has 0 unspecified atom stereocenters. The van der Waals surface area contributed by atoms with Gasteiger partial charge in [0, 0.05) is 0 Å². The Kier molecular flexibility index (Phi) is 3.84. The number of aromatic nitrogens is 1. The van der Waals surface area contributed by atoms with Crippen LogP contribution >= 0.6 is 11.3 Å². The molecule has 0 saturated carbocycles. The zero-order valence-electron chi connectivity index (χ0n) is 11.8. The number of para-hydroxylation sites is 2. The van der Waals surface area contributed by atoms with Gasteiger partial charge in [-0.2, -0.15) is 5.10 Å². The van der Waals surface area contributed by atoms with Crippen molar-refractivity contribution in [3.63, 3.8) is 0 Å². The lowest BCUT2D eigenvalue weighted by molar-refractivity contribution is 0.0952. The zero-order chi connectivity index (χ0) is 15.5. The fraction of sp³-hybridized carbons (Fsp3) is 0.0625. The predicted molar refractivity (Wildman–Crippen MR) is 87.4 cm³/mol. The second kappa shape index (κ2) is 5.95. The Labute approximate surface area is 130 Å². The van der Waals surface area contributed by atoms with Gasteiger partial charge in [-0.1, -0.05) is 24.3 Å². The molecule has 1 heterocycles. The van der Waals surface area contributed by atoms with Gasteiger partial charge in [0.25, 0.3) is 5.91 Å². The Morgan fingerprint density at radius 1 is 1.18 bits per heavy atom. The highest BCUT2D eigenvalue weighted by atomic mass is 32.1. The number of carbonyl (C=O) groups excluding carboxylic acids is 1. The van der Waals surface area contributed by atoms with E-state index in [-0.39, 0.29) is 11.3 Å². The third-order valence-electron chi connectivity index (χ3n) is 3.08. The van der Waals surface area contributed by atoms with E-state index in [2.05, 4.69) is 15.5 Å². The molecule has 5 nitrogen and oxygen atoms in total. The summed E-state index contributed by atoms with van der Waals surface area (Å²) in [6.07, 6.45) is 0. The van der Waals surface area contributed by atoms with Crippen molar-refractivity contribution in [2.24, 2.45) is 5.10 Å². The van der Waals surface area contributed by atoms with Crippen molar-refractivity contribution in [1.82, 2.24) is 10.4 Å². The van der Waals surface area contributed by atoms with E-state index in [9.17, 15) is 9.90 Å². The summed E-state index contributed by atoms with van der Waals surface area (Å²) in [5.41, 5.74) is 4.14. The number of thiazole rings is 1. The number of amides is 1. The fourth-order valence-corrected chi connectivity index (χ4v) is 2.85. The van der Waals surface area contributed by atoms with Crippen molar-refractivity contribution in [2.75, 3.05) is 0 Å². The van der Waals surface area contributed by atoms with Crippen molar-refractivity contribution < 1.29 is 9.90 Å². The van der Waals surface area contributed by atoms with Gasteiger partial charge >= 0.3 is 0 Å². The lowest BCUT2D eigenvalue weighted by Crippen LogP contribution is -2.19. The molecular formula is C16H13N3O2S. The van der Waals surface area contributed by atoms with E-state index in [4.69, 9.17) is 0 Å². The molecule has 2 aromatic carbocycles. The number of benzene rings is 2. The summed E-state index contributed by atoms with van der Waals surface area (Å²) < 4.78 is 1.07. The van der Waals surface area contributed by atoms with Crippen LogP contribution in [0.4, 0.5) is 0 Å². The van der Waals surface area contributed by atoms with E-state index >= 15 is 0 Å². The first-order valence-corrected chi connectivity index (χ1v) is 7.45. The van der Waals surface area contributed by atoms with E-state index in [1.165, 1.54) is 23.5 Å². The van der Waals surface area contributed by atoms with Gasteiger partial charge in [0.05, 0.1) is 21.5 Å². The molecule has 0 aliphatic carbocycles. The van der Waals surface area contributed by atoms with Gasteiger partial charge in [0.1, 0.15) is 10.8 Å². The number of fused-ring (bicyclic) bond motifs is 1. The Hall–Kier alpha value is -2.73. The average molecular weight is 311 g/mol. The lowest BCUT2D eigenvalue weighted by Gasteiger charge is -2.02. The molecule has 6 heteroatoms. The smallest absolute Gasteiger partial charge is 0.275 e. The molecule has 0 radical (unpaired) electrons. The largest absolute Gasteiger partial charge is 0.507 e. The van der Waals surface area contributed by atoms with Crippen LogP contribution in [0.15, 0.2) is 53.6 Å². The lowest BCUT2D eigenvalue weighted by atomic mass is 10.2. The monoisotopic (exact) mass is 311 g/mol. The third-order valence-corrected chi connectivity index (χ3v) is 4.22. The van der Waals surface area contributed by atoms with Crippen LogP contribution in [0, 0.1) is 0 Å².